The lowest BCUT2D eigenvalue weighted by molar-refractivity contribution is -0.136. The summed E-state index contributed by atoms with van der Waals surface area (Å²) >= 11 is 1.27. The number of thiazole rings is 1. The fourth-order valence-electron chi connectivity index (χ4n) is 1.99. The van der Waals surface area contributed by atoms with Crippen molar-refractivity contribution in [3.05, 3.63) is 10.6 Å². The maximum absolute atomic E-state index is 11.9. The van der Waals surface area contributed by atoms with Crippen LogP contribution in [0, 0.1) is 6.92 Å². The number of ether oxygens (including phenoxy) is 1. The molecule has 124 valence electrons. The van der Waals surface area contributed by atoms with E-state index in [2.05, 4.69) is 11.9 Å². The molecule has 1 aromatic heterocycles. The van der Waals surface area contributed by atoms with E-state index in [0.717, 1.165) is 25.8 Å². The highest BCUT2D eigenvalue weighted by molar-refractivity contribution is 7.17. The Morgan fingerprint density at radius 3 is 2.59 bits per heavy atom. The van der Waals surface area contributed by atoms with Crippen molar-refractivity contribution in [2.75, 3.05) is 24.6 Å². The number of nitrogens with zero attached hydrogens (tertiary/aromatic N) is 2. The van der Waals surface area contributed by atoms with Gasteiger partial charge in [0, 0.05) is 13.1 Å². The summed E-state index contributed by atoms with van der Waals surface area (Å²) in [6, 6.07) is 0. The second-order valence-corrected chi connectivity index (χ2v) is 5.95. The van der Waals surface area contributed by atoms with Gasteiger partial charge in [0.2, 0.25) is 0 Å². The van der Waals surface area contributed by atoms with Crippen LogP contribution in [0.25, 0.3) is 0 Å². The summed E-state index contributed by atoms with van der Waals surface area (Å²) < 4.78 is 5.02. The highest BCUT2D eigenvalue weighted by Crippen LogP contribution is 2.27. The zero-order valence-electron chi connectivity index (χ0n) is 13.4. The van der Waals surface area contributed by atoms with E-state index in [1.807, 2.05) is 4.90 Å². The van der Waals surface area contributed by atoms with Gasteiger partial charge in [0.25, 0.3) is 0 Å². The number of aryl methyl sites for hydroxylation is 1. The van der Waals surface area contributed by atoms with Crippen molar-refractivity contribution in [3.63, 3.8) is 0 Å². The smallest absolute Gasteiger partial charge is 0.350 e. The molecule has 0 aromatic carbocycles. The Bertz CT molecular complexity index is 502. The van der Waals surface area contributed by atoms with Crippen LogP contribution in [0.4, 0.5) is 5.13 Å². The topological polar surface area (TPSA) is 79.7 Å². The van der Waals surface area contributed by atoms with Gasteiger partial charge in [0.05, 0.1) is 18.7 Å². The Labute approximate surface area is 135 Å². The molecular weight excluding hydrogens is 304 g/mol. The molecule has 0 aliphatic carbocycles. The van der Waals surface area contributed by atoms with Crippen LogP contribution in [0.15, 0.2) is 0 Å². The predicted molar refractivity (Wildman–Crippen MR) is 86.8 cm³/mol. The highest BCUT2D eigenvalue weighted by atomic mass is 32.1. The van der Waals surface area contributed by atoms with E-state index in [1.165, 1.54) is 11.3 Å². The van der Waals surface area contributed by atoms with Gasteiger partial charge in [-0.2, -0.15) is 0 Å². The number of carbonyl (C=O) groups is 2. The van der Waals surface area contributed by atoms with E-state index in [1.54, 1.807) is 13.8 Å². The number of carboxylic acid groups (broad SMARTS) is 1. The van der Waals surface area contributed by atoms with Gasteiger partial charge < -0.3 is 14.7 Å². The zero-order valence-corrected chi connectivity index (χ0v) is 14.2. The van der Waals surface area contributed by atoms with Crippen LogP contribution in [0.5, 0.6) is 0 Å². The van der Waals surface area contributed by atoms with E-state index in [9.17, 15) is 9.59 Å². The number of anilines is 1. The molecule has 1 rings (SSSR count). The summed E-state index contributed by atoms with van der Waals surface area (Å²) in [4.78, 5) is 29.5. The lowest BCUT2D eigenvalue weighted by Gasteiger charge is -2.20. The van der Waals surface area contributed by atoms with E-state index < -0.39 is 5.97 Å². The van der Waals surface area contributed by atoms with E-state index in [4.69, 9.17) is 9.84 Å². The van der Waals surface area contributed by atoms with Gasteiger partial charge in [-0.25, -0.2) is 9.78 Å². The van der Waals surface area contributed by atoms with Gasteiger partial charge in [-0.1, -0.05) is 31.1 Å². The molecule has 6 nitrogen and oxygen atoms in total. The number of esters is 1. The number of hydrogen-bond acceptors (Lipinski definition) is 6. The van der Waals surface area contributed by atoms with Crippen molar-refractivity contribution in [2.24, 2.45) is 0 Å². The Kier molecular flexibility index (Phi) is 7.87. The summed E-state index contributed by atoms with van der Waals surface area (Å²) in [6.07, 6.45) is 3.21. The summed E-state index contributed by atoms with van der Waals surface area (Å²) in [7, 11) is 0. The molecule has 0 saturated heterocycles. The monoisotopic (exact) mass is 328 g/mol. The van der Waals surface area contributed by atoms with Gasteiger partial charge in [0.1, 0.15) is 4.88 Å². The van der Waals surface area contributed by atoms with Crippen molar-refractivity contribution >= 4 is 28.4 Å². The van der Waals surface area contributed by atoms with Crippen LogP contribution in [0.3, 0.4) is 0 Å². The molecule has 0 aliphatic heterocycles. The minimum atomic E-state index is -0.834. The van der Waals surface area contributed by atoms with Gasteiger partial charge in [0.15, 0.2) is 5.13 Å². The number of aromatic nitrogens is 1. The standard InChI is InChI=1S/C15H24N2O4S/c1-4-6-7-9-17(10-8-12(18)19)15-16-11(3)13(22-15)14(20)21-5-2/h4-10H2,1-3H3,(H,18,19). The van der Waals surface area contributed by atoms with E-state index in [0.29, 0.717) is 28.9 Å². The van der Waals surface area contributed by atoms with E-state index in [-0.39, 0.29) is 12.4 Å². The van der Waals surface area contributed by atoms with Crippen LogP contribution >= 0.6 is 11.3 Å². The normalized spacial score (nSPS) is 10.5. The van der Waals surface area contributed by atoms with Crippen molar-refractivity contribution in [1.82, 2.24) is 4.98 Å². The minimum absolute atomic E-state index is 0.0551. The molecule has 0 unspecified atom stereocenters. The highest BCUT2D eigenvalue weighted by Gasteiger charge is 2.20. The molecule has 1 N–H and O–H groups in total. The zero-order chi connectivity index (χ0) is 16.5. The number of aliphatic carboxylic acids is 1. The Hall–Kier alpha value is -1.63. The number of carboxylic acids is 1. The molecule has 0 fully saturated rings. The third-order valence-electron chi connectivity index (χ3n) is 3.14. The van der Waals surface area contributed by atoms with E-state index >= 15 is 0 Å². The molecular formula is C15H24N2O4S. The van der Waals surface area contributed by atoms with Crippen LogP contribution in [0.1, 0.15) is 54.9 Å². The van der Waals surface area contributed by atoms with Crippen molar-refractivity contribution in [2.45, 2.75) is 46.5 Å². The van der Waals surface area contributed by atoms with Crippen LogP contribution in [-0.2, 0) is 9.53 Å². The number of hydrogen-bond donors (Lipinski definition) is 1. The number of unbranched alkanes of at least 4 members (excludes halogenated alkanes) is 2. The average Bonchev–Trinajstić information content (AvgIpc) is 2.84. The van der Waals surface area contributed by atoms with Crippen LogP contribution in [0.2, 0.25) is 0 Å². The molecule has 0 aliphatic rings. The molecule has 22 heavy (non-hydrogen) atoms. The second-order valence-electron chi connectivity index (χ2n) is 4.97. The summed E-state index contributed by atoms with van der Waals surface area (Å²) in [6.45, 7) is 7.12. The SMILES string of the molecule is CCCCCN(CCC(=O)O)c1nc(C)c(C(=O)OCC)s1. The summed E-state index contributed by atoms with van der Waals surface area (Å²) in [5.74, 6) is -1.20. The third-order valence-corrected chi connectivity index (χ3v) is 4.34. The van der Waals surface area contributed by atoms with Crippen molar-refractivity contribution < 1.29 is 19.4 Å². The summed E-state index contributed by atoms with van der Waals surface area (Å²) in [5, 5.41) is 9.57. The lowest BCUT2D eigenvalue weighted by atomic mass is 10.2. The van der Waals surface area contributed by atoms with Crippen LogP contribution in [-0.4, -0.2) is 41.7 Å². The van der Waals surface area contributed by atoms with Crippen molar-refractivity contribution in [3.8, 4) is 0 Å². The second kappa shape index (κ2) is 9.40. The first-order chi connectivity index (χ1) is 10.5. The largest absolute Gasteiger partial charge is 0.481 e. The molecule has 0 bridgehead atoms. The number of rotatable bonds is 10. The maximum Gasteiger partial charge on any atom is 0.350 e. The minimum Gasteiger partial charge on any atom is -0.481 e. The molecule has 0 spiro atoms. The lowest BCUT2D eigenvalue weighted by Crippen LogP contribution is -2.27. The molecule has 1 aromatic rings. The number of carbonyl (C=O) groups excluding carboxylic acids is 1. The molecule has 0 saturated carbocycles. The third kappa shape index (κ3) is 5.63. The first-order valence-corrected chi connectivity index (χ1v) is 8.42. The van der Waals surface area contributed by atoms with Crippen molar-refractivity contribution in [1.29, 1.82) is 0 Å². The Morgan fingerprint density at radius 1 is 1.27 bits per heavy atom. The Morgan fingerprint density at radius 2 is 2.00 bits per heavy atom. The quantitative estimate of drug-likeness (QED) is 0.525. The fourth-order valence-corrected chi connectivity index (χ4v) is 3.00. The van der Waals surface area contributed by atoms with Crippen LogP contribution < -0.4 is 4.90 Å². The van der Waals surface area contributed by atoms with Gasteiger partial charge in [-0.15, -0.1) is 0 Å². The van der Waals surface area contributed by atoms with Gasteiger partial charge in [-0.05, 0) is 20.3 Å². The molecule has 0 atom stereocenters. The average molecular weight is 328 g/mol. The summed E-state index contributed by atoms with van der Waals surface area (Å²) in [5.41, 5.74) is 0.634. The van der Waals surface area contributed by atoms with Gasteiger partial charge in [-0.3, -0.25) is 4.79 Å². The molecule has 1 heterocycles. The molecule has 0 amide bonds. The Balaban J connectivity index is 2.85. The molecule has 7 heteroatoms. The first kappa shape index (κ1) is 18.4. The first-order valence-electron chi connectivity index (χ1n) is 7.60. The van der Waals surface area contributed by atoms with Gasteiger partial charge >= 0.3 is 11.9 Å². The maximum atomic E-state index is 11.9. The fraction of sp³-hybridized carbons (Fsp3) is 0.667. The molecule has 0 radical (unpaired) electrons. The predicted octanol–water partition coefficient (Wildman–Crippen LogP) is 3.10.